The topological polar surface area (TPSA) is 49.8 Å². The summed E-state index contributed by atoms with van der Waals surface area (Å²) in [5.41, 5.74) is 1.22. The van der Waals surface area contributed by atoms with Gasteiger partial charge in [-0.3, -0.25) is 4.79 Å². The maximum atomic E-state index is 12.2. The summed E-state index contributed by atoms with van der Waals surface area (Å²) in [5.74, 6) is -0.0436. The highest BCUT2D eigenvalue weighted by Crippen LogP contribution is 2.23. The Kier molecular flexibility index (Phi) is 5.78. The normalized spacial score (nSPS) is 12.5. The minimum atomic E-state index is -0.643. The van der Waals surface area contributed by atoms with Crippen molar-refractivity contribution >= 4 is 17.2 Å². The number of thiophene rings is 1. The third-order valence-electron chi connectivity index (χ3n) is 2.80. The van der Waals surface area contributed by atoms with Crippen molar-refractivity contribution in [2.75, 3.05) is 27.3 Å². The Morgan fingerprint density at radius 1 is 1.61 bits per heavy atom. The fourth-order valence-electron chi connectivity index (χ4n) is 1.81. The summed E-state index contributed by atoms with van der Waals surface area (Å²) in [4.78, 5) is 15.6. The van der Waals surface area contributed by atoms with Gasteiger partial charge in [-0.15, -0.1) is 11.3 Å². The van der Waals surface area contributed by atoms with Crippen LogP contribution in [0.2, 0.25) is 0 Å². The van der Waals surface area contributed by atoms with E-state index in [0.29, 0.717) is 0 Å². The van der Waals surface area contributed by atoms with Gasteiger partial charge in [-0.05, 0) is 25.0 Å². The van der Waals surface area contributed by atoms with E-state index in [-0.39, 0.29) is 19.1 Å². The predicted molar refractivity (Wildman–Crippen MR) is 73.3 cm³/mol. The number of nitrogens with zero attached hydrogens (tertiary/aromatic N) is 1. The zero-order valence-corrected chi connectivity index (χ0v) is 12.2. The summed E-state index contributed by atoms with van der Waals surface area (Å²) >= 11 is 1.51. The van der Waals surface area contributed by atoms with E-state index in [1.807, 2.05) is 13.0 Å². The molecule has 1 rings (SSSR count). The molecule has 1 aromatic rings. The molecule has 1 atom stereocenters. The number of methoxy groups -OCH3 is 1. The van der Waals surface area contributed by atoms with Crippen LogP contribution in [-0.4, -0.2) is 49.3 Å². The molecule has 4 nitrogen and oxygen atoms in total. The molecule has 0 bridgehead atoms. The number of aliphatic hydroxyl groups is 1. The molecule has 0 spiro atoms. The van der Waals surface area contributed by atoms with Crippen molar-refractivity contribution in [3.63, 3.8) is 0 Å². The highest BCUT2D eigenvalue weighted by molar-refractivity contribution is 7.14. The summed E-state index contributed by atoms with van der Waals surface area (Å²) in [6, 6.07) is 1.95. The average Bonchev–Trinajstić information content (AvgIpc) is 2.69. The number of carbonyl (C=O) groups excluding carboxylic acids is 1. The number of carbonyl (C=O) groups is 1. The quantitative estimate of drug-likeness (QED) is 0.856. The second-order valence-corrected chi connectivity index (χ2v) is 5.60. The highest BCUT2D eigenvalue weighted by Gasteiger charge is 2.18. The fourth-order valence-corrected chi connectivity index (χ4v) is 2.92. The Morgan fingerprint density at radius 2 is 2.28 bits per heavy atom. The summed E-state index contributed by atoms with van der Waals surface area (Å²) in [7, 11) is 3.23. The number of hydrogen-bond donors (Lipinski definition) is 1. The Bertz CT molecular complexity index is 403. The van der Waals surface area contributed by atoms with Crippen molar-refractivity contribution in [1.82, 2.24) is 4.90 Å². The van der Waals surface area contributed by atoms with Crippen molar-refractivity contribution in [3.8, 4) is 0 Å². The summed E-state index contributed by atoms with van der Waals surface area (Å²) < 4.78 is 4.85. The van der Waals surface area contributed by atoms with E-state index in [9.17, 15) is 9.90 Å². The molecule has 0 radical (unpaired) electrons. The SMILES string of the molecule is CCc1cc(C(=O)N(C)CC(O)COC)sc1C. The zero-order chi connectivity index (χ0) is 13.7. The molecule has 1 aromatic heterocycles. The molecule has 0 aliphatic carbocycles. The van der Waals surface area contributed by atoms with E-state index >= 15 is 0 Å². The van der Waals surface area contributed by atoms with E-state index < -0.39 is 6.10 Å². The average molecular weight is 271 g/mol. The Morgan fingerprint density at radius 3 is 2.78 bits per heavy atom. The number of aryl methyl sites for hydroxylation is 2. The van der Waals surface area contributed by atoms with Gasteiger partial charge in [-0.25, -0.2) is 0 Å². The van der Waals surface area contributed by atoms with Crippen molar-refractivity contribution in [3.05, 3.63) is 21.4 Å². The predicted octanol–water partition coefficient (Wildman–Crippen LogP) is 1.70. The van der Waals surface area contributed by atoms with Crippen molar-refractivity contribution in [2.45, 2.75) is 26.4 Å². The number of hydrogen-bond acceptors (Lipinski definition) is 4. The summed E-state index contributed by atoms with van der Waals surface area (Å²) in [5, 5.41) is 9.61. The van der Waals surface area contributed by atoms with Crippen LogP contribution in [0, 0.1) is 6.92 Å². The van der Waals surface area contributed by atoms with Gasteiger partial charge in [-0.1, -0.05) is 6.92 Å². The zero-order valence-electron chi connectivity index (χ0n) is 11.4. The van der Waals surface area contributed by atoms with Crippen LogP contribution in [0.25, 0.3) is 0 Å². The second-order valence-electron chi connectivity index (χ2n) is 4.34. The highest BCUT2D eigenvalue weighted by atomic mass is 32.1. The first-order chi connectivity index (χ1) is 8.49. The lowest BCUT2D eigenvalue weighted by Gasteiger charge is -2.19. The van der Waals surface area contributed by atoms with Gasteiger partial charge in [0.1, 0.15) is 0 Å². The number of likely N-dealkylation sites (N-methyl/N-ethyl adjacent to an activating group) is 1. The first-order valence-corrected chi connectivity index (χ1v) is 6.83. The molecule has 1 heterocycles. The molecule has 1 unspecified atom stereocenters. The Labute approximate surface area is 112 Å². The van der Waals surface area contributed by atoms with Gasteiger partial charge < -0.3 is 14.7 Å². The molecule has 0 aliphatic heterocycles. The van der Waals surface area contributed by atoms with Crippen molar-refractivity contribution in [1.29, 1.82) is 0 Å². The Hall–Kier alpha value is -0.910. The van der Waals surface area contributed by atoms with Crippen molar-refractivity contribution < 1.29 is 14.6 Å². The van der Waals surface area contributed by atoms with Gasteiger partial charge in [0, 0.05) is 25.6 Å². The molecular formula is C13H21NO3S. The van der Waals surface area contributed by atoms with Crippen molar-refractivity contribution in [2.24, 2.45) is 0 Å². The van der Waals surface area contributed by atoms with Gasteiger partial charge >= 0.3 is 0 Å². The lowest BCUT2D eigenvalue weighted by Crippen LogP contribution is -2.35. The lowest BCUT2D eigenvalue weighted by atomic mass is 10.2. The Balaban J connectivity index is 2.67. The van der Waals surface area contributed by atoms with Crippen LogP contribution < -0.4 is 0 Å². The molecule has 5 heteroatoms. The first-order valence-electron chi connectivity index (χ1n) is 6.01. The van der Waals surface area contributed by atoms with E-state index in [4.69, 9.17) is 4.74 Å². The number of aliphatic hydroxyl groups excluding tert-OH is 1. The van der Waals surface area contributed by atoms with Crippen LogP contribution in [-0.2, 0) is 11.2 Å². The van der Waals surface area contributed by atoms with Gasteiger partial charge in [0.25, 0.3) is 5.91 Å². The number of ether oxygens (including phenoxy) is 1. The molecule has 102 valence electrons. The molecule has 18 heavy (non-hydrogen) atoms. The third kappa shape index (κ3) is 3.80. The largest absolute Gasteiger partial charge is 0.389 e. The maximum absolute atomic E-state index is 12.2. The molecule has 0 saturated heterocycles. The maximum Gasteiger partial charge on any atom is 0.263 e. The van der Waals surface area contributed by atoms with Crippen LogP contribution in [0.15, 0.2) is 6.07 Å². The van der Waals surface area contributed by atoms with E-state index in [0.717, 1.165) is 11.3 Å². The molecule has 1 amide bonds. The molecular weight excluding hydrogens is 250 g/mol. The van der Waals surface area contributed by atoms with Gasteiger partial charge in [0.05, 0.1) is 17.6 Å². The first kappa shape index (κ1) is 15.1. The fraction of sp³-hybridized carbons (Fsp3) is 0.615. The van der Waals surface area contributed by atoms with Crippen LogP contribution >= 0.6 is 11.3 Å². The minimum absolute atomic E-state index is 0.0436. The molecule has 0 aliphatic rings. The third-order valence-corrected chi connectivity index (χ3v) is 3.88. The second kappa shape index (κ2) is 6.87. The number of amides is 1. The van der Waals surface area contributed by atoms with Crippen LogP contribution in [0.3, 0.4) is 0 Å². The monoisotopic (exact) mass is 271 g/mol. The van der Waals surface area contributed by atoms with Crippen LogP contribution in [0.5, 0.6) is 0 Å². The van der Waals surface area contributed by atoms with Gasteiger partial charge in [0.15, 0.2) is 0 Å². The standard InChI is InChI=1S/C13H21NO3S/c1-5-10-6-12(18-9(10)2)13(16)14(3)7-11(15)8-17-4/h6,11,15H,5,7-8H2,1-4H3. The minimum Gasteiger partial charge on any atom is -0.389 e. The molecule has 0 saturated carbocycles. The van der Waals surface area contributed by atoms with E-state index in [1.165, 1.54) is 33.8 Å². The van der Waals surface area contributed by atoms with E-state index in [2.05, 4.69) is 6.92 Å². The summed E-state index contributed by atoms with van der Waals surface area (Å²) in [6.07, 6.45) is 0.293. The van der Waals surface area contributed by atoms with Crippen LogP contribution in [0.1, 0.15) is 27.0 Å². The molecule has 0 aromatic carbocycles. The lowest BCUT2D eigenvalue weighted by molar-refractivity contribution is 0.0382. The summed E-state index contributed by atoms with van der Waals surface area (Å²) in [6.45, 7) is 4.63. The van der Waals surface area contributed by atoms with Crippen LogP contribution in [0.4, 0.5) is 0 Å². The smallest absolute Gasteiger partial charge is 0.263 e. The van der Waals surface area contributed by atoms with E-state index in [1.54, 1.807) is 7.05 Å². The number of rotatable bonds is 6. The van der Waals surface area contributed by atoms with Gasteiger partial charge in [-0.2, -0.15) is 0 Å². The molecule has 0 fully saturated rings. The molecule has 1 N–H and O–H groups in total. The van der Waals surface area contributed by atoms with Gasteiger partial charge in [0.2, 0.25) is 0 Å².